The molecule has 3 unspecified atom stereocenters. The topological polar surface area (TPSA) is 62.6 Å². The van der Waals surface area contributed by atoms with Gasteiger partial charge in [-0.05, 0) is 54.3 Å². The Kier molecular flexibility index (Phi) is 7.49. The number of imidazole rings is 1. The zero-order valence-electron chi connectivity index (χ0n) is 20.6. The van der Waals surface area contributed by atoms with Gasteiger partial charge in [0.05, 0.1) is 17.6 Å². The average Bonchev–Trinajstić information content (AvgIpc) is 3.23. The van der Waals surface area contributed by atoms with Crippen LogP contribution in [-0.4, -0.2) is 57.9 Å². The number of halogens is 1. The summed E-state index contributed by atoms with van der Waals surface area (Å²) in [6.07, 6.45) is 0.412. The van der Waals surface area contributed by atoms with Crippen molar-refractivity contribution < 1.29 is 14.2 Å². The van der Waals surface area contributed by atoms with Crippen molar-refractivity contribution in [1.82, 2.24) is 14.5 Å². The van der Waals surface area contributed by atoms with E-state index in [2.05, 4.69) is 27.8 Å². The number of β-amino-alcohol motifs (C(OH)–C–C–N with tert-alkyl or cyclic N) is 1. The van der Waals surface area contributed by atoms with Gasteiger partial charge >= 0.3 is 0 Å². The fraction of sp³-hybridized carbons (Fsp3) is 0.345. The molecule has 3 aromatic carbocycles. The number of nitrogens with zero attached hydrogens (tertiary/aromatic N) is 3. The molecule has 0 bridgehead atoms. The predicted octanol–water partition coefficient (Wildman–Crippen LogP) is 4.79. The van der Waals surface area contributed by atoms with Crippen molar-refractivity contribution in [1.29, 1.82) is 0 Å². The third-order valence-electron chi connectivity index (χ3n) is 6.87. The first-order chi connectivity index (χ1) is 17.5. The summed E-state index contributed by atoms with van der Waals surface area (Å²) in [5.41, 5.74) is 3.02. The number of ether oxygens (including phenoxy) is 1. The van der Waals surface area contributed by atoms with Gasteiger partial charge in [0.25, 0.3) is 0 Å². The maximum Gasteiger partial charge on any atom is 0.204 e. The molecule has 6 nitrogen and oxygen atoms in total. The Bertz CT molecular complexity index is 1260. The summed E-state index contributed by atoms with van der Waals surface area (Å²) in [5, 5.41) is 14.2. The van der Waals surface area contributed by atoms with E-state index in [4.69, 9.17) is 9.72 Å². The van der Waals surface area contributed by atoms with Gasteiger partial charge in [-0.1, -0.05) is 49.4 Å². The molecule has 2 heterocycles. The van der Waals surface area contributed by atoms with Crippen LogP contribution < -0.4 is 10.1 Å². The lowest BCUT2D eigenvalue weighted by Gasteiger charge is -2.38. The van der Waals surface area contributed by atoms with Gasteiger partial charge in [0.15, 0.2) is 0 Å². The Labute approximate surface area is 211 Å². The number of likely N-dealkylation sites (tertiary alicyclic amines) is 1. The predicted molar refractivity (Wildman–Crippen MR) is 141 cm³/mol. The largest absolute Gasteiger partial charge is 0.491 e. The quantitative estimate of drug-likeness (QED) is 0.355. The highest BCUT2D eigenvalue weighted by Gasteiger charge is 2.28. The van der Waals surface area contributed by atoms with Crippen LogP contribution in [-0.2, 0) is 6.54 Å². The van der Waals surface area contributed by atoms with Crippen LogP contribution in [0.3, 0.4) is 0 Å². The van der Waals surface area contributed by atoms with Gasteiger partial charge in [0.2, 0.25) is 5.95 Å². The number of nitrogens with one attached hydrogen (secondary N) is 1. The SMILES string of the molecule is CC1CN(CC(O)COc2ccccc2)CCC1Nc1nc2ccccc2n1Cc1ccc(F)cc1. The molecule has 5 rings (SSSR count). The monoisotopic (exact) mass is 488 g/mol. The zero-order valence-corrected chi connectivity index (χ0v) is 20.6. The van der Waals surface area contributed by atoms with E-state index in [1.54, 1.807) is 0 Å². The molecule has 1 aromatic heterocycles. The Morgan fingerprint density at radius 1 is 1.06 bits per heavy atom. The molecule has 0 radical (unpaired) electrons. The fourth-order valence-electron chi connectivity index (χ4n) is 4.96. The number of fused-ring (bicyclic) bond motifs is 1. The molecule has 4 aromatic rings. The number of aliphatic hydroxyl groups excluding tert-OH is 1. The minimum atomic E-state index is -0.540. The molecular formula is C29H33FN4O2. The van der Waals surface area contributed by atoms with Gasteiger partial charge in [-0.15, -0.1) is 0 Å². The highest BCUT2D eigenvalue weighted by molar-refractivity contribution is 5.78. The van der Waals surface area contributed by atoms with Crippen LogP contribution in [0, 0.1) is 11.7 Å². The third kappa shape index (κ3) is 5.86. The summed E-state index contributed by atoms with van der Waals surface area (Å²) in [7, 11) is 0. The molecule has 188 valence electrons. The smallest absolute Gasteiger partial charge is 0.204 e. The molecule has 0 saturated carbocycles. The van der Waals surface area contributed by atoms with Crippen molar-refractivity contribution in [3.8, 4) is 5.75 Å². The van der Waals surface area contributed by atoms with Gasteiger partial charge < -0.3 is 24.6 Å². The third-order valence-corrected chi connectivity index (χ3v) is 6.87. The number of para-hydroxylation sites is 3. The summed E-state index contributed by atoms with van der Waals surface area (Å²) in [4.78, 5) is 7.19. The van der Waals surface area contributed by atoms with E-state index in [9.17, 15) is 9.50 Å². The summed E-state index contributed by atoms with van der Waals surface area (Å²) in [6, 6.07) is 24.6. The molecule has 36 heavy (non-hydrogen) atoms. The lowest BCUT2D eigenvalue weighted by Crippen LogP contribution is -2.48. The lowest BCUT2D eigenvalue weighted by molar-refractivity contribution is 0.0514. The van der Waals surface area contributed by atoms with Crippen LogP contribution in [0.2, 0.25) is 0 Å². The minimum Gasteiger partial charge on any atom is -0.491 e. The molecule has 1 aliphatic rings. The maximum absolute atomic E-state index is 13.4. The van der Waals surface area contributed by atoms with Crippen LogP contribution in [0.5, 0.6) is 5.75 Å². The van der Waals surface area contributed by atoms with Gasteiger partial charge in [-0.25, -0.2) is 9.37 Å². The minimum absolute atomic E-state index is 0.232. The lowest BCUT2D eigenvalue weighted by atomic mass is 9.93. The number of benzene rings is 3. The second-order valence-corrected chi connectivity index (χ2v) is 9.69. The molecule has 7 heteroatoms. The van der Waals surface area contributed by atoms with Crippen molar-refractivity contribution in [2.75, 3.05) is 31.6 Å². The molecule has 0 spiro atoms. The average molecular weight is 489 g/mol. The normalized spacial score (nSPS) is 19.3. The molecule has 2 N–H and O–H groups in total. The summed E-state index contributed by atoms with van der Waals surface area (Å²) in [5.74, 6) is 1.75. The Hall–Kier alpha value is -3.42. The van der Waals surface area contributed by atoms with Crippen LogP contribution in [0.15, 0.2) is 78.9 Å². The van der Waals surface area contributed by atoms with E-state index in [0.717, 1.165) is 47.8 Å². The second-order valence-electron chi connectivity index (χ2n) is 9.69. The van der Waals surface area contributed by atoms with E-state index in [1.165, 1.54) is 12.1 Å². The molecule has 1 aliphatic heterocycles. The summed E-state index contributed by atoms with van der Waals surface area (Å²) < 4.78 is 21.3. The van der Waals surface area contributed by atoms with E-state index in [-0.39, 0.29) is 18.5 Å². The first kappa shape index (κ1) is 24.3. The van der Waals surface area contributed by atoms with Crippen LogP contribution in [0.4, 0.5) is 10.3 Å². The van der Waals surface area contributed by atoms with Gasteiger partial charge in [-0.2, -0.15) is 0 Å². The molecule has 0 amide bonds. The van der Waals surface area contributed by atoms with E-state index >= 15 is 0 Å². The van der Waals surface area contributed by atoms with E-state index in [1.807, 2.05) is 60.7 Å². The Balaban J connectivity index is 1.21. The molecule has 1 saturated heterocycles. The van der Waals surface area contributed by atoms with Gasteiger partial charge in [-0.3, -0.25) is 0 Å². The number of hydrogen-bond donors (Lipinski definition) is 2. The van der Waals surface area contributed by atoms with Gasteiger partial charge in [0, 0.05) is 25.7 Å². The zero-order chi connectivity index (χ0) is 24.9. The number of aliphatic hydroxyl groups is 1. The second kappa shape index (κ2) is 11.1. The molecule has 3 atom stereocenters. The van der Waals surface area contributed by atoms with Crippen molar-refractivity contribution in [2.24, 2.45) is 5.92 Å². The van der Waals surface area contributed by atoms with Crippen molar-refractivity contribution in [3.05, 3.63) is 90.2 Å². The van der Waals surface area contributed by atoms with Crippen molar-refractivity contribution in [3.63, 3.8) is 0 Å². The van der Waals surface area contributed by atoms with E-state index in [0.29, 0.717) is 19.0 Å². The van der Waals surface area contributed by atoms with E-state index < -0.39 is 6.10 Å². The van der Waals surface area contributed by atoms with Crippen LogP contribution in [0.25, 0.3) is 11.0 Å². The summed E-state index contributed by atoms with van der Waals surface area (Å²) in [6.45, 7) is 5.51. The first-order valence-electron chi connectivity index (χ1n) is 12.6. The number of hydrogen-bond acceptors (Lipinski definition) is 5. The molecule has 1 fully saturated rings. The molecular weight excluding hydrogens is 455 g/mol. The van der Waals surface area contributed by atoms with Crippen LogP contribution >= 0.6 is 0 Å². The Morgan fingerprint density at radius 3 is 2.58 bits per heavy atom. The number of rotatable bonds is 9. The summed E-state index contributed by atoms with van der Waals surface area (Å²) >= 11 is 0. The number of anilines is 1. The van der Waals surface area contributed by atoms with Gasteiger partial charge in [0.1, 0.15) is 24.3 Å². The number of aromatic nitrogens is 2. The maximum atomic E-state index is 13.4. The van der Waals surface area contributed by atoms with Crippen LogP contribution in [0.1, 0.15) is 18.9 Å². The number of piperidine rings is 1. The van der Waals surface area contributed by atoms with Crippen molar-refractivity contribution >= 4 is 17.0 Å². The standard InChI is InChI=1S/C29H33FN4O2/c1-21-17-33(19-24(35)20-36-25-7-3-2-4-8-25)16-15-26(21)31-29-32-27-9-5-6-10-28(27)34(29)18-22-11-13-23(30)14-12-22/h2-14,21,24,26,35H,15-20H2,1H3,(H,31,32). The first-order valence-corrected chi connectivity index (χ1v) is 12.6. The molecule has 0 aliphatic carbocycles. The highest BCUT2D eigenvalue weighted by Crippen LogP contribution is 2.26. The fourth-order valence-corrected chi connectivity index (χ4v) is 4.96. The van der Waals surface area contributed by atoms with Crippen molar-refractivity contribution in [2.45, 2.75) is 32.0 Å². The Morgan fingerprint density at radius 2 is 1.81 bits per heavy atom. The highest BCUT2D eigenvalue weighted by atomic mass is 19.1.